The van der Waals surface area contributed by atoms with E-state index in [4.69, 9.17) is 19.3 Å². The van der Waals surface area contributed by atoms with Crippen LogP contribution in [0.15, 0.2) is 0 Å². The third kappa shape index (κ3) is 39.8. The van der Waals surface area contributed by atoms with Gasteiger partial charge in [-0.15, -0.1) is 0 Å². The number of carbonyl (C=O) groups is 2. The lowest BCUT2D eigenvalue weighted by molar-refractivity contribution is -0.161. The zero-order valence-electron chi connectivity index (χ0n) is 32.8. The molecule has 298 valence electrons. The van der Waals surface area contributed by atoms with Crippen molar-refractivity contribution in [1.29, 1.82) is 0 Å². The Labute approximate surface area is 308 Å². The summed E-state index contributed by atoms with van der Waals surface area (Å²) in [6.07, 6.45) is 39.6. The average molecular weight is 733 g/mol. The SMILES string of the molecule is CCCCCCCCCCCCCCCCCCCCC(=O)OC(COC(=O)CCCCCCCCCCCCCCCC)COP(=O)(O)O. The van der Waals surface area contributed by atoms with Crippen molar-refractivity contribution in [1.82, 2.24) is 0 Å². The van der Waals surface area contributed by atoms with Crippen molar-refractivity contribution in [2.24, 2.45) is 0 Å². The van der Waals surface area contributed by atoms with Crippen LogP contribution >= 0.6 is 7.82 Å². The number of rotatable bonds is 40. The lowest BCUT2D eigenvalue weighted by Crippen LogP contribution is -2.29. The monoisotopic (exact) mass is 733 g/mol. The van der Waals surface area contributed by atoms with Crippen LogP contribution in [0.2, 0.25) is 0 Å². The summed E-state index contributed by atoms with van der Waals surface area (Å²) in [5.74, 6) is -0.867. The van der Waals surface area contributed by atoms with E-state index in [1.165, 1.54) is 167 Å². The molecule has 0 bridgehead atoms. The van der Waals surface area contributed by atoms with Crippen LogP contribution in [0.4, 0.5) is 0 Å². The first kappa shape index (κ1) is 49.0. The van der Waals surface area contributed by atoms with Gasteiger partial charge in [0.25, 0.3) is 0 Å². The number of esters is 2. The Kier molecular flexibility index (Phi) is 37.1. The fourth-order valence-electron chi connectivity index (χ4n) is 6.43. The second-order valence-electron chi connectivity index (χ2n) is 14.7. The normalized spacial score (nSPS) is 12.3. The number of hydrogen-bond donors (Lipinski definition) is 2. The van der Waals surface area contributed by atoms with Crippen LogP contribution in [0.25, 0.3) is 0 Å². The number of carbonyl (C=O) groups excluding carboxylic acids is 2. The molecule has 1 atom stereocenters. The molecule has 0 amide bonds. The van der Waals surface area contributed by atoms with E-state index in [1.54, 1.807) is 0 Å². The lowest BCUT2D eigenvalue weighted by atomic mass is 10.0. The molecule has 0 spiro atoms. The van der Waals surface area contributed by atoms with Gasteiger partial charge in [0.2, 0.25) is 0 Å². The molecule has 0 rings (SSSR count). The molecule has 0 radical (unpaired) electrons. The van der Waals surface area contributed by atoms with Gasteiger partial charge in [0.1, 0.15) is 6.61 Å². The van der Waals surface area contributed by atoms with Crippen LogP contribution in [0.3, 0.4) is 0 Å². The summed E-state index contributed by atoms with van der Waals surface area (Å²) in [6.45, 7) is 3.72. The van der Waals surface area contributed by atoms with Gasteiger partial charge in [-0.05, 0) is 12.8 Å². The van der Waals surface area contributed by atoms with Gasteiger partial charge >= 0.3 is 19.8 Å². The van der Waals surface area contributed by atoms with E-state index < -0.39 is 32.5 Å². The summed E-state index contributed by atoms with van der Waals surface area (Å²) in [4.78, 5) is 42.8. The molecule has 0 aliphatic heterocycles. The minimum Gasteiger partial charge on any atom is -0.462 e. The third-order valence-electron chi connectivity index (χ3n) is 9.63. The van der Waals surface area contributed by atoms with Crippen molar-refractivity contribution in [2.75, 3.05) is 13.2 Å². The summed E-state index contributed by atoms with van der Waals surface area (Å²) in [6, 6.07) is 0. The van der Waals surface area contributed by atoms with E-state index in [0.29, 0.717) is 6.42 Å². The number of unbranched alkanes of at least 4 members (excludes halogenated alkanes) is 30. The van der Waals surface area contributed by atoms with Gasteiger partial charge in [-0.2, -0.15) is 0 Å². The Morgan fingerprint density at radius 1 is 0.440 bits per heavy atom. The van der Waals surface area contributed by atoms with Crippen LogP contribution < -0.4 is 0 Å². The summed E-state index contributed by atoms with van der Waals surface area (Å²) in [5, 5.41) is 0. The molecule has 50 heavy (non-hydrogen) atoms. The molecular weight excluding hydrogens is 651 g/mol. The van der Waals surface area contributed by atoms with Gasteiger partial charge in [-0.1, -0.05) is 206 Å². The molecule has 0 aromatic heterocycles. The number of hydrogen-bond acceptors (Lipinski definition) is 6. The first-order valence-electron chi connectivity index (χ1n) is 21.3. The maximum atomic E-state index is 12.4. The molecule has 0 aliphatic rings. The zero-order chi connectivity index (χ0) is 36.8. The van der Waals surface area contributed by atoms with Crippen molar-refractivity contribution in [3.8, 4) is 0 Å². The minimum atomic E-state index is -4.74. The average Bonchev–Trinajstić information content (AvgIpc) is 3.08. The molecular formula is C41H81O8P. The maximum absolute atomic E-state index is 12.4. The van der Waals surface area contributed by atoms with Gasteiger partial charge in [0.05, 0.1) is 6.61 Å². The molecule has 0 fully saturated rings. The van der Waals surface area contributed by atoms with Crippen molar-refractivity contribution in [3.63, 3.8) is 0 Å². The zero-order valence-corrected chi connectivity index (χ0v) is 33.7. The molecule has 0 heterocycles. The Hall–Kier alpha value is -0.950. The maximum Gasteiger partial charge on any atom is 0.469 e. The van der Waals surface area contributed by atoms with Gasteiger partial charge in [-0.25, -0.2) is 4.57 Å². The molecule has 0 aromatic carbocycles. The van der Waals surface area contributed by atoms with Crippen LogP contribution in [0.1, 0.15) is 232 Å². The summed E-state index contributed by atoms with van der Waals surface area (Å²) in [7, 11) is -4.74. The molecule has 0 saturated carbocycles. The van der Waals surface area contributed by atoms with E-state index in [1.807, 2.05) is 0 Å². The Balaban J connectivity index is 3.85. The highest BCUT2D eigenvalue weighted by Crippen LogP contribution is 2.36. The van der Waals surface area contributed by atoms with E-state index in [-0.39, 0.29) is 19.4 Å². The third-order valence-corrected chi connectivity index (χ3v) is 10.1. The van der Waals surface area contributed by atoms with Gasteiger partial charge in [0, 0.05) is 12.8 Å². The van der Waals surface area contributed by atoms with Gasteiger partial charge in [0.15, 0.2) is 6.10 Å². The summed E-state index contributed by atoms with van der Waals surface area (Å²) < 4.78 is 26.4. The predicted molar refractivity (Wildman–Crippen MR) is 207 cm³/mol. The second kappa shape index (κ2) is 37.8. The van der Waals surface area contributed by atoms with E-state index >= 15 is 0 Å². The topological polar surface area (TPSA) is 119 Å². The number of ether oxygens (including phenoxy) is 2. The van der Waals surface area contributed by atoms with Crippen LogP contribution in [-0.4, -0.2) is 41.0 Å². The number of phosphoric acid groups is 1. The smallest absolute Gasteiger partial charge is 0.462 e. The van der Waals surface area contributed by atoms with Gasteiger partial charge in [-0.3, -0.25) is 14.1 Å². The van der Waals surface area contributed by atoms with E-state index in [2.05, 4.69) is 18.4 Å². The van der Waals surface area contributed by atoms with Crippen molar-refractivity contribution < 1.29 is 37.9 Å². The first-order valence-corrected chi connectivity index (χ1v) is 22.9. The van der Waals surface area contributed by atoms with Crippen LogP contribution in [0, 0.1) is 0 Å². The summed E-state index contributed by atoms with van der Waals surface area (Å²) in [5.41, 5.74) is 0. The van der Waals surface area contributed by atoms with E-state index in [9.17, 15) is 14.2 Å². The highest BCUT2D eigenvalue weighted by Gasteiger charge is 2.22. The highest BCUT2D eigenvalue weighted by atomic mass is 31.2. The fourth-order valence-corrected chi connectivity index (χ4v) is 6.79. The highest BCUT2D eigenvalue weighted by molar-refractivity contribution is 7.46. The van der Waals surface area contributed by atoms with Crippen LogP contribution in [-0.2, 0) is 28.2 Å². The molecule has 2 N–H and O–H groups in total. The first-order chi connectivity index (χ1) is 24.3. The quantitative estimate of drug-likeness (QED) is 0.0363. The largest absolute Gasteiger partial charge is 0.469 e. The van der Waals surface area contributed by atoms with Gasteiger partial charge < -0.3 is 19.3 Å². The Bertz CT molecular complexity index is 787. The molecule has 0 aromatic rings. The fraction of sp³-hybridized carbons (Fsp3) is 0.951. The molecule has 0 aliphatic carbocycles. The molecule has 0 saturated heterocycles. The van der Waals surface area contributed by atoms with E-state index in [0.717, 1.165) is 32.1 Å². The predicted octanol–water partition coefficient (Wildman–Crippen LogP) is 12.9. The van der Waals surface area contributed by atoms with Crippen molar-refractivity contribution in [3.05, 3.63) is 0 Å². The standard InChI is InChI=1S/C41H81O8P/c1-3-5-7-9-11-13-15-17-19-20-21-22-24-26-28-30-32-34-36-41(43)49-39(38-48-50(44,45)46)37-47-40(42)35-33-31-29-27-25-23-18-16-14-12-10-8-6-4-2/h39H,3-38H2,1-2H3,(H2,44,45,46). The Morgan fingerprint density at radius 3 is 1.02 bits per heavy atom. The lowest BCUT2D eigenvalue weighted by Gasteiger charge is -2.18. The molecule has 9 heteroatoms. The number of phosphoric ester groups is 1. The van der Waals surface area contributed by atoms with Crippen molar-refractivity contribution >= 4 is 19.8 Å². The van der Waals surface area contributed by atoms with Crippen LogP contribution in [0.5, 0.6) is 0 Å². The second-order valence-corrected chi connectivity index (χ2v) is 15.9. The molecule has 1 unspecified atom stereocenters. The Morgan fingerprint density at radius 2 is 0.720 bits per heavy atom. The van der Waals surface area contributed by atoms with Crippen molar-refractivity contribution in [2.45, 2.75) is 238 Å². The summed E-state index contributed by atoms with van der Waals surface area (Å²) >= 11 is 0. The minimum absolute atomic E-state index is 0.220. The molecule has 8 nitrogen and oxygen atoms in total.